The second-order valence-electron chi connectivity index (χ2n) is 4.33. The van der Waals surface area contributed by atoms with Crippen LogP contribution in [0.2, 0.25) is 0 Å². The van der Waals surface area contributed by atoms with E-state index in [0.29, 0.717) is 0 Å². The van der Waals surface area contributed by atoms with E-state index in [0.717, 1.165) is 17.4 Å². The van der Waals surface area contributed by atoms with E-state index < -0.39 is 11.9 Å². The standard InChI is InChI=1S/C14H10F3N3O/c15-14(16,17)11-4-3-6-13(19-11)21-9-10-8-18-12-5-1-2-7-20(10)12/h1-8H,9H2. The van der Waals surface area contributed by atoms with Crippen LogP contribution >= 0.6 is 0 Å². The van der Waals surface area contributed by atoms with Gasteiger partial charge in [-0.3, -0.25) is 0 Å². The number of ether oxygens (including phenoxy) is 1. The third kappa shape index (κ3) is 2.81. The summed E-state index contributed by atoms with van der Waals surface area (Å²) in [6, 6.07) is 9.06. The Morgan fingerprint density at radius 1 is 1.10 bits per heavy atom. The van der Waals surface area contributed by atoms with Crippen LogP contribution in [0.5, 0.6) is 5.88 Å². The Morgan fingerprint density at radius 3 is 2.76 bits per heavy atom. The molecule has 3 rings (SSSR count). The molecule has 0 aromatic carbocycles. The molecule has 0 unspecified atom stereocenters. The molecule has 0 aliphatic carbocycles. The fraction of sp³-hybridized carbons (Fsp3) is 0.143. The molecule has 0 saturated heterocycles. The summed E-state index contributed by atoms with van der Waals surface area (Å²) < 4.78 is 44.8. The molecule has 3 aromatic rings. The predicted molar refractivity (Wildman–Crippen MR) is 68.8 cm³/mol. The second-order valence-corrected chi connectivity index (χ2v) is 4.33. The van der Waals surface area contributed by atoms with Gasteiger partial charge in [0.05, 0.1) is 11.9 Å². The van der Waals surface area contributed by atoms with Gasteiger partial charge in [0, 0.05) is 12.3 Å². The van der Waals surface area contributed by atoms with Crippen molar-refractivity contribution in [1.29, 1.82) is 0 Å². The van der Waals surface area contributed by atoms with Gasteiger partial charge >= 0.3 is 6.18 Å². The van der Waals surface area contributed by atoms with E-state index >= 15 is 0 Å². The van der Waals surface area contributed by atoms with Crippen LogP contribution in [0.25, 0.3) is 5.65 Å². The van der Waals surface area contributed by atoms with Gasteiger partial charge in [0.15, 0.2) is 0 Å². The topological polar surface area (TPSA) is 39.4 Å². The maximum Gasteiger partial charge on any atom is 0.433 e. The Kier molecular flexibility index (Phi) is 3.25. The predicted octanol–water partition coefficient (Wildman–Crippen LogP) is 3.33. The highest BCUT2D eigenvalue weighted by Crippen LogP contribution is 2.28. The Bertz CT molecular complexity index is 767. The van der Waals surface area contributed by atoms with E-state index in [1.54, 1.807) is 16.8 Å². The lowest BCUT2D eigenvalue weighted by Gasteiger charge is -2.09. The number of alkyl halides is 3. The number of aromatic nitrogens is 3. The number of rotatable bonds is 3. The van der Waals surface area contributed by atoms with E-state index in [-0.39, 0.29) is 12.5 Å². The third-order valence-corrected chi connectivity index (χ3v) is 2.88. The Labute approximate surface area is 117 Å². The van der Waals surface area contributed by atoms with E-state index in [4.69, 9.17) is 4.74 Å². The lowest BCUT2D eigenvalue weighted by atomic mass is 10.3. The summed E-state index contributed by atoms with van der Waals surface area (Å²) in [5.41, 5.74) is 0.496. The van der Waals surface area contributed by atoms with Gasteiger partial charge in [-0.2, -0.15) is 13.2 Å². The molecule has 0 fully saturated rings. The highest BCUT2D eigenvalue weighted by molar-refractivity contribution is 5.39. The highest BCUT2D eigenvalue weighted by Gasteiger charge is 2.32. The molecule has 3 aromatic heterocycles. The summed E-state index contributed by atoms with van der Waals surface area (Å²) in [6.45, 7) is 0.0828. The number of hydrogen-bond acceptors (Lipinski definition) is 3. The monoisotopic (exact) mass is 293 g/mol. The minimum Gasteiger partial charge on any atom is -0.471 e. The average molecular weight is 293 g/mol. The number of nitrogens with zero attached hydrogens (tertiary/aromatic N) is 3. The second kappa shape index (κ2) is 5.08. The summed E-state index contributed by atoms with van der Waals surface area (Å²) in [6.07, 6.45) is -1.06. The fourth-order valence-electron chi connectivity index (χ4n) is 1.89. The molecule has 21 heavy (non-hydrogen) atoms. The van der Waals surface area contributed by atoms with Gasteiger partial charge in [0.2, 0.25) is 5.88 Å². The van der Waals surface area contributed by atoms with Crippen LogP contribution in [0.15, 0.2) is 48.8 Å². The minimum absolute atomic E-state index is 0.0734. The van der Waals surface area contributed by atoms with Gasteiger partial charge < -0.3 is 9.14 Å². The lowest BCUT2D eigenvalue weighted by Crippen LogP contribution is -2.09. The fourth-order valence-corrected chi connectivity index (χ4v) is 1.89. The first-order chi connectivity index (χ1) is 10.0. The maximum atomic E-state index is 12.6. The molecule has 0 atom stereocenters. The van der Waals surface area contributed by atoms with Crippen molar-refractivity contribution >= 4 is 5.65 Å². The van der Waals surface area contributed by atoms with Crippen LogP contribution in [-0.2, 0) is 12.8 Å². The van der Waals surface area contributed by atoms with Crippen LogP contribution in [0.3, 0.4) is 0 Å². The molecule has 0 saturated carbocycles. The van der Waals surface area contributed by atoms with Gasteiger partial charge in [-0.05, 0) is 18.2 Å². The molecular weight excluding hydrogens is 283 g/mol. The molecule has 0 amide bonds. The highest BCUT2D eigenvalue weighted by atomic mass is 19.4. The first-order valence-electron chi connectivity index (χ1n) is 6.12. The van der Waals surface area contributed by atoms with Gasteiger partial charge in [0.25, 0.3) is 0 Å². The molecule has 4 nitrogen and oxygen atoms in total. The minimum atomic E-state index is -4.48. The van der Waals surface area contributed by atoms with Crippen LogP contribution in [-0.4, -0.2) is 14.4 Å². The zero-order valence-corrected chi connectivity index (χ0v) is 10.7. The quantitative estimate of drug-likeness (QED) is 0.743. The van der Waals surface area contributed by atoms with Crippen LogP contribution in [0.1, 0.15) is 11.4 Å². The molecule has 3 heterocycles. The first-order valence-corrected chi connectivity index (χ1v) is 6.12. The van der Waals surface area contributed by atoms with Gasteiger partial charge in [-0.1, -0.05) is 12.1 Å². The van der Waals surface area contributed by atoms with E-state index in [9.17, 15) is 13.2 Å². The van der Waals surface area contributed by atoms with Crippen molar-refractivity contribution < 1.29 is 17.9 Å². The summed E-state index contributed by atoms with van der Waals surface area (Å²) in [4.78, 5) is 7.62. The lowest BCUT2D eigenvalue weighted by molar-refractivity contribution is -0.141. The summed E-state index contributed by atoms with van der Waals surface area (Å²) in [7, 11) is 0. The van der Waals surface area contributed by atoms with E-state index in [2.05, 4.69) is 9.97 Å². The summed E-state index contributed by atoms with van der Waals surface area (Å²) in [5, 5.41) is 0. The average Bonchev–Trinajstić information content (AvgIpc) is 2.88. The number of halogens is 3. The van der Waals surface area contributed by atoms with Crippen molar-refractivity contribution in [2.45, 2.75) is 12.8 Å². The molecule has 0 bridgehead atoms. The van der Waals surface area contributed by atoms with Gasteiger partial charge in [-0.15, -0.1) is 0 Å². The molecule has 7 heteroatoms. The summed E-state index contributed by atoms with van der Waals surface area (Å²) in [5.74, 6) is -0.0734. The molecule has 108 valence electrons. The van der Waals surface area contributed by atoms with Crippen molar-refractivity contribution in [3.05, 3.63) is 60.2 Å². The van der Waals surface area contributed by atoms with Crippen molar-refractivity contribution in [2.24, 2.45) is 0 Å². The van der Waals surface area contributed by atoms with Crippen molar-refractivity contribution in [2.75, 3.05) is 0 Å². The first kappa shape index (κ1) is 13.4. The third-order valence-electron chi connectivity index (χ3n) is 2.88. The van der Waals surface area contributed by atoms with Crippen molar-refractivity contribution in [3.63, 3.8) is 0 Å². The van der Waals surface area contributed by atoms with Crippen LogP contribution in [0.4, 0.5) is 13.2 Å². The number of hydrogen-bond donors (Lipinski definition) is 0. The zero-order valence-electron chi connectivity index (χ0n) is 10.7. The van der Waals surface area contributed by atoms with Gasteiger partial charge in [0.1, 0.15) is 17.9 Å². The zero-order chi connectivity index (χ0) is 14.9. The summed E-state index contributed by atoms with van der Waals surface area (Å²) >= 11 is 0. The Hall–Kier alpha value is -2.57. The Balaban J connectivity index is 1.79. The molecule has 0 N–H and O–H groups in total. The number of fused-ring (bicyclic) bond motifs is 1. The molecule has 0 radical (unpaired) electrons. The smallest absolute Gasteiger partial charge is 0.433 e. The van der Waals surface area contributed by atoms with Crippen molar-refractivity contribution in [1.82, 2.24) is 14.4 Å². The molecular formula is C14H10F3N3O. The Morgan fingerprint density at radius 2 is 1.95 bits per heavy atom. The van der Waals surface area contributed by atoms with Crippen LogP contribution < -0.4 is 4.74 Å². The van der Waals surface area contributed by atoms with Crippen LogP contribution in [0, 0.1) is 0 Å². The molecule has 0 aliphatic heterocycles. The molecule has 0 aliphatic rings. The largest absolute Gasteiger partial charge is 0.471 e. The maximum absolute atomic E-state index is 12.6. The van der Waals surface area contributed by atoms with Crippen molar-refractivity contribution in [3.8, 4) is 5.88 Å². The SMILES string of the molecule is FC(F)(F)c1cccc(OCc2cnc3ccccn23)n1. The molecule has 0 spiro atoms. The van der Waals surface area contributed by atoms with E-state index in [1.807, 2.05) is 18.2 Å². The van der Waals surface area contributed by atoms with Gasteiger partial charge in [-0.25, -0.2) is 9.97 Å². The normalized spacial score (nSPS) is 11.8. The number of imidazole rings is 1. The number of pyridine rings is 2. The van der Waals surface area contributed by atoms with E-state index in [1.165, 1.54) is 12.1 Å².